The number of hydrogen-bond donors (Lipinski definition) is 0. The fourth-order valence-electron chi connectivity index (χ4n) is 10.4. The van der Waals surface area contributed by atoms with Gasteiger partial charge in [0.25, 0.3) is 11.8 Å². The maximum absolute atomic E-state index is 14.9. The lowest BCUT2D eigenvalue weighted by Crippen LogP contribution is -2.58. The second-order valence-electron chi connectivity index (χ2n) is 21.1. The highest BCUT2D eigenvalue weighted by molar-refractivity contribution is 14.1. The summed E-state index contributed by atoms with van der Waals surface area (Å²) in [4.78, 5) is 65.2. The van der Waals surface area contributed by atoms with Gasteiger partial charge < -0.3 is 57.2 Å². The van der Waals surface area contributed by atoms with E-state index in [0.717, 1.165) is 36.5 Å². The smallest absolute Gasteiger partial charge is 0.417 e. The van der Waals surface area contributed by atoms with Crippen molar-refractivity contribution in [2.75, 3.05) is 61.4 Å². The Balaban J connectivity index is 1.10. The molecule has 8 rings (SSSR count). The molecule has 0 radical (unpaired) electrons. The minimum atomic E-state index is -1.04. The molecule has 4 fully saturated rings. The van der Waals surface area contributed by atoms with Crippen molar-refractivity contribution in [3.8, 4) is 11.5 Å². The molecule has 6 aliphatic rings. The number of ether oxygens (including phenoxy) is 10. The zero-order valence-corrected chi connectivity index (χ0v) is 47.1. The van der Waals surface area contributed by atoms with Crippen LogP contribution in [-0.2, 0) is 37.9 Å². The Bertz CT molecular complexity index is 2230. The molecular weight excluding hydrogens is 1160 g/mol. The number of carbonyl (C=O) groups excluding carboxylic acids is 4. The molecule has 6 unspecified atom stereocenters. The maximum atomic E-state index is 14.9. The Hall–Kier alpha value is -3.26. The maximum Gasteiger partial charge on any atom is 0.417 e. The standard InChI is InChI=1S/C52H72I2N4O14/c1-51(2,3)71-49(61)57-36-17-15-31(63-7)29-33(36)45(59)55-24-20-39(43(55)47(57)69-41-13-9-11-26-66-41)65-28-22-38(35(54)19-23-53)68-40-21-25-56-44(40)48(70-42-14-10-12-27-67-42)58(50(62)72-52(4,5)6)37-18-16-32(64-8)30-34(37)46(56)60/h15-18,29-30,35,38-44,47-48H,9-14,19-28H2,1-8H3/t35?,38?,39?,40?,41?,42?,43-,44-,47-,48-/m0/s1. The Morgan fingerprint density at radius 1 is 0.681 bits per heavy atom. The monoisotopic (exact) mass is 1230 g/mol. The van der Waals surface area contributed by atoms with E-state index >= 15 is 0 Å². The molecule has 10 atom stereocenters. The molecule has 6 aliphatic heterocycles. The van der Waals surface area contributed by atoms with E-state index in [2.05, 4.69) is 45.2 Å². The first-order valence-corrected chi connectivity index (χ1v) is 28.2. The number of methoxy groups -OCH3 is 2. The van der Waals surface area contributed by atoms with Crippen LogP contribution in [0.15, 0.2) is 36.4 Å². The number of benzene rings is 2. The number of halogens is 2. The summed E-state index contributed by atoms with van der Waals surface area (Å²) in [5.41, 5.74) is -0.460. The number of anilines is 2. The molecule has 0 saturated carbocycles. The van der Waals surface area contributed by atoms with Gasteiger partial charge in [-0.25, -0.2) is 19.4 Å². The minimum absolute atomic E-state index is 0.0225. The molecule has 72 heavy (non-hydrogen) atoms. The molecule has 0 N–H and O–H groups in total. The molecule has 0 spiro atoms. The van der Waals surface area contributed by atoms with Crippen LogP contribution in [0, 0.1) is 0 Å². The minimum Gasteiger partial charge on any atom is -0.497 e. The van der Waals surface area contributed by atoms with E-state index < -0.39 is 72.7 Å². The third-order valence-electron chi connectivity index (χ3n) is 13.7. The van der Waals surface area contributed by atoms with Gasteiger partial charge in [0.05, 0.1) is 55.0 Å². The third kappa shape index (κ3) is 12.5. The van der Waals surface area contributed by atoms with Gasteiger partial charge in [-0.1, -0.05) is 45.2 Å². The molecule has 2 aromatic carbocycles. The van der Waals surface area contributed by atoms with Crippen molar-refractivity contribution in [1.82, 2.24) is 9.80 Å². The second-order valence-corrected chi connectivity index (χ2v) is 23.8. The van der Waals surface area contributed by atoms with Gasteiger partial charge in [0.1, 0.15) is 34.8 Å². The summed E-state index contributed by atoms with van der Waals surface area (Å²) in [6, 6.07) is 8.68. The third-order valence-corrected chi connectivity index (χ3v) is 15.8. The van der Waals surface area contributed by atoms with Crippen LogP contribution in [0.25, 0.3) is 0 Å². The van der Waals surface area contributed by atoms with Crippen LogP contribution < -0.4 is 19.3 Å². The van der Waals surface area contributed by atoms with Crippen molar-refractivity contribution in [3.05, 3.63) is 47.5 Å². The number of hydrogen-bond acceptors (Lipinski definition) is 14. The van der Waals surface area contributed by atoms with Gasteiger partial charge in [-0.05, 0) is 142 Å². The molecule has 0 aliphatic carbocycles. The lowest BCUT2D eigenvalue weighted by molar-refractivity contribution is -0.204. The largest absolute Gasteiger partial charge is 0.497 e. The highest BCUT2D eigenvalue weighted by atomic mass is 127. The number of carbonyl (C=O) groups is 4. The molecule has 0 bridgehead atoms. The van der Waals surface area contributed by atoms with Gasteiger partial charge in [-0.2, -0.15) is 0 Å². The van der Waals surface area contributed by atoms with Crippen molar-refractivity contribution in [1.29, 1.82) is 0 Å². The second kappa shape index (κ2) is 23.7. The Morgan fingerprint density at radius 2 is 1.15 bits per heavy atom. The zero-order chi connectivity index (χ0) is 51.5. The number of nitrogens with zero attached hydrogens (tertiary/aromatic N) is 4. The molecule has 18 nitrogen and oxygen atoms in total. The Labute approximate surface area is 450 Å². The number of amides is 4. The molecule has 4 saturated heterocycles. The van der Waals surface area contributed by atoms with Gasteiger partial charge in [-0.3, -0.25) is 9.59 Å². The summed E-state index contributed by atoms with van der Waals surface area (Å²) in [5, 5.41) is 0. The first-order chi connectivity index (χ1) is 34.4. The molecule has 398 valence electrons. The van der Waals surface area contributed by atoms with Crippen LogP contribution in [0.2, 0.25) is 0 Å². The van der Waals surface area contributed by atoms with Crippen LogP contribution in [0.4, 0.5) is 21.0 Å². The van der Waals surface area contributed by atoms with Crippen LogP contribution in [0.1, 0.15) is 126 Å². The van der Waals surface area contributed by atoms with Crippen molar-refractivity contribution in [2.24, 2.45) is 0 Å². The fraction of sp³-hybridized carbons (Fsp3) is 0.692. The van der Waals surface area contributed by atoms with E-state index in [9.17, 15) is 19.2 Å². The zero-order valence-electron chi connectivity index (χ0n) is 42.8. The lowest BCUT2D eigenvalue weighted by atomic mass is 10.1. The van der Waals surface area contributed by atoms with Crippen molar-refractivity contribution in [3.63, 3.8) is 0 Å². The van der Waals surface area contributed by atoms with E-state index in [1.807, 2.05) is 0 Å². The van der Waals surface area contributed by atoms with Gasteiger partial charge in [0.15, 0.2) is 25.0 Å². The van der Waals surface area contributed by atoms with Gasteiger partial charge in [0, 0.05) is 41.3 Å². The van der Waals surface area contributed by atoms with E-state index in [0.29, 0.717) is 81.3 Å². The highest BCUT2D eigenvalue weighted by Gasteiger charge is 2.55. The summed E-state index contributed by atoms with van der Waals surface area (Å²) in [6.45, 7) is 12.8. The van der Waals surface area contributed by atoms with Gasteiger partial charge in [-0.15, -0.1) is 0 Å². The van der Waals surface area contributed by atoms with E-state index in [1.54, 1.807) is 87.7 Å². The predicted molar refractivity (Wildman–Crippen MR) is 284 cm³/mol. The molecule has 2 aromatic rings. The van der Waals surface area contributed by atoms with Crippen LogP contribution >= 0.6 is 45.2 Å². The fourth-order valence-corrected chi connectivity index (χ4v) is 13.1. The first-order valence-electron chi connectivity index (χ1n) is 25.4. The quantitative estimate of drug-likeness (QED) is 0.122. The summed E-state index contributed by atoms with van der Waals surface area (Å²) < 4.78 is 64.4. The summed E-state index contributed by atoms with van der Waals surface area (Å²) in [5.74, 6) is 0.386. The van der Waals surface area contributed by atoms with Crippen molar-refractivity contribution < 1.29 is 66.5 Å². The summed E-state index contributed by atoms with van der Waals surface area (Å²) in [6.07, 6.45) is 0.858. The van der Waals surface area contributed by atoms with Gasteiger partial charge in [0.2, 0.25) is 0 Å². The number of fused-ring (bicyclic) bond motifs is 4. The average molecular weight is 1230 g/mol. The summed E-state index contributed by atoms with van der Waals surface area (Å²) >= 11 is 4.83. The normalized spacial score (nSPS) is 27.5. The molecule has 6 heterocycles. The topological polar surface area (TPSA) is 174 Å². The first kappa shape index (κ1) is 55.0. The molecule has 0 aromatic heterocycles. The highest BCUT2D eigenvalue weighted by Crippen LogP contribution is 2.43. The Morgan fingerprint density at radius 3 is 1.58 bits per heavy atom. The Kier molecular flexibility index (Phi) is 18.1. The van der Waals surface area contributed by atoms with Gasteiger partial charge >= 0.3 is 12.2 Å². The average Bonchev–Trinajstić information content (AvgIpc) is 3.92. The van der Waals surface area contributed by atoms with E-state index in [1.165, 1.54) is 24.0 Å². The van der Waals surface area contributed by atoms with Crippen molar-refractivity contribution in [2.45, 2.75) is 176 Å². The molecular formula is C52H72I2N4O14. The van der Waals surface area contributed by atoms with E-state index in [4.69, 9.17) is 47.4 Å². The number of rotatable bonds is 15. The van der Waals surface area contributed by atoms with E-state index in [-0.39, 0.29) is 39.6 Å². The predicted octanol–water partition coefficient (Wildman–Crippen LogP) is 9.24. The lowest BCUT2D eigenvalue weighted by Gasteiger charge is -2.41. The molecule has 20 heteroatoms. The van der Waals surface area contributed by atoms with Crippen molar-refractivity contribution >= 4 is 80.6 Å². The van der Waals surface area contributed by atoms with Crippen LogP contribution in [0.5, 0.6) is 11.5 Å². The van der Waals surface area contributed by atoms with Crippen LogP contribution in [-0.4, -0.2) is 156 Å². The SMILES string of the molecule is COc1ccc2c(c1)C(=O)N1CCC(OCCC(OC3CCN4C(=O)c5cc(OC)ccc5N(C(=O)OC(C)(C)C)[C@@H](OC5CCCCO5)[C@H]34)C(I)CCI)[C@H]1[C@H](OC1CCCCO1)N2C(=O)OC(C)(C)C. The summed E-state index contributed by atoms with van der Waals surface area (Å²) in [7, 11) is 3.07. The van der Waals surface area contributed by atoms with Crippen LogP contribution in [0.3, 0.4) is 0 Å². The molecule has 4 amide bonds. The number of alkyl halides is 2.